The molecule has 0 aromatic heterocycles. The Hall–Kier alpha value is -1.39. The van der Waals surface area contributed by atoms with E-state index in [2.05, 4.69) is 11.0 Å². The fraction of sp³-hybridized carbons (Fsp3) is 0.562. The van der Waals surface area contributed by atoms with Crippen molar-refractivity contribution in [3.8, 4) is 0 Å². The molecule has 1 aliphatic heterocycles. The number of methoxy groups -OCH3 is 1. The average molecular weight is 275 g/mol. The maximum Gasteiger partial charge on any atom is 0.335 e. The normalized spacial score (nSPS) is 20.4. The van der Waals surface area contributed by atoms with Gasteiger partial charge in [-0.1, -0.05) is 12.1 Å². The van der Waals surface area contributed by atoms with E-state index in [0.29, 0.717) is 11.6 Å². The molecule has 1 aromatic carbocycles. The first-order valence-corrected chi connectivity index (χ1v) is 7.27. The van der Waals surface area contributed by atoms with Crippen molar-refractivity contribution < 1.29 is 14.6 Å². The fourth-order valence-electron chi connectivity index (χ4n) is 3.31. The number of rotatable bonds is 5. The van der Waals surface area contributed by atoms with Gasteiger partial charge < -0.3 is 9.84 Å². The number of carbonyl (C=O) groups is 1. The van der Waals surface area contributed by atoms with Crippen LogP contribution >= 0.6 is 0 Å². The van der Waals surface area contributed by atoms with E-state index in [0.717, 1.165) is 43.2 Å². The van der Waals surface area contributed by atoms with Gasteiger partial charge in [-0.15, -0.1) is 0 Å². The number of hydrogen-bond donors (Lipinski definition) is 1. The predicted octanol–water partition coefficient (Wildman–Crippen LogP) is 2.17. The molecule has 4 nitrogen and oxygen atoms in total. The van der Waals surface area contributed by atoms with E-state index in [1.54, 1.807) is 13.2 Å². The molecule has 4 heteroatoms. The highest BCUT2D eigenvalue weighted by molar-refractivity contribution is 5.89. The van der Waals surface area contributed by atoms with Crippen LogP contribution in [0.4, 0.5) is 0 Å². The quantitative estimate of drug-likeness (QED) is 0.894. The summed E-state index contributed by atoms with van der Waals surface area (Å²) in [4.78, 5) is 13.7. The molecule has 0 amide bonds. The van der Waals surface area contributed by atoms with Crippen LogP contribution in [0.5, 0.6) is 0 Å². The van der Waals surface area contributed by atoms with Crippen molar-refractivity contribution in [2.24, 2.45) is 5.92 Å². The molecule has 1 aliphatic carbocycles. The Kier molecular flexibility index (Phi) is 3.76. The van der Waals surface area contributed by atoms with Crippen molar-refractivity contribution in [1.29, 1.82) is 0 Å². The first-order chi connectivity index (χ1) is 9.70. The van der Waals surface area contributed by atoms with Crippen molar-refractivity contribution >= 4 is 5.97 Å². The number of hydrogen-bond acceptors (Lipinski definition) is 3. The molecule has 1 fully saturated rings. The van der Waals surface area contributed by atoms with E-state index >= 15 is 0 Å². The lowest BCUT2D eigenvalue weighted by Crippen LogP contribution is -2.43. The zero-order valence-electron chi connectivity index (χ0n) is 11.8. The highest BCUT2D eigenvalue weighted by Gasteiger charge is 2.36. The van der Waals surface area contributed by atoms with E-state index in [1.807, 2.05) is 6.07 Å². The summed E-state index contributed by atoms with van der Waals surface area (Å²) < 4.78 is 5.37. The Labute approximate surface area is 119 Å². The second-order valence-electron chi connectivity index (χ2n) is 5.83. The Morgan fingerprint density at radius 3 is 2.95 bits per heavy atom. The van der Waals surface area contributed by atoms with Crippen LogP contribution in [0.3, 0.4) is 0 Å². The molecular formula is C16H21NO3. The summed E-state index contributed by atoms with van der Waals surface area (Å²) in [6.07, 6.45) is 3.42. The Balaban J connectivity index is 1.81. The SMILES string of the molecule is COCC(C1CC1)N1CCc2c(cccc2C(=O)O)C1. The summed E-state index contributed by atoms with van der Waals surface area (Å²) in [6.45, 7) is 2.56. The van der Waals surface area contributed by atoms with E-state index in [1.165, 1.54) is 12.8 Å². The van der Waals surface area contributed by atoms with E-state index < -0.39 is 5.97 Å². The van der Waals surface area contributed by atoms with Gasteiger partial charge in [-0.2, -0.15) is 0 Å². The number of nitrogens with zero attached hydrogens (tertiary/aromatic N) is 1. The highest BCUT2D eigenvalue weighted by atomic mass is 16.5. The molecule has 1 saturated carbocycles. The summed E-state index contributed by atoms with van der Waals surface area (Å²) in [7, 11) is 1.76. The van der Waals surface area contributed by atoms with Crippen molar-refractivity contribution in [2.75, 3.05) is 20.3 Å². The van der Waals surface area contributed by atoms with Crippen molar-refractivity contribution in [2.45, 2.75) is 31.8 Å². The maximum atomic E-state index is 11.3. The van der Waals surface area contributed by atoms with Gasteiger partial charge >= 0.3 is 5.97 Å². The standard InChI is InChI=1S/C16H21NO3/c1-20-10-15(11-5-6-11)17-8-7-13-12(9-17)3-2-4-14(13)16(18)19/h2-4,11,15H,5-10H2,1H3,(H,18,19). The summed E-state index contributed by atoms with van der Waals surface area (Å²) in [6, 6.07) is 6.12. The topological polar surface area (TPSA) is 49.8 Å². The molecule has 0 saturated heterocycles. The number of ether oxygens (including phenoxy) is 1. The average Bonchev–Trinajstić information content (AvgIpc) is 3.28. The zero-order chi connectivity index (χ0) is 14.1. The van der Waals surface area contributed by atoms with Crippen LogP contribution in [-0.2, 0) is 17.7 Å². The van der Waals surface area contributed by atoms with Gasteiger partial charge in [0, 0.05) is 26.2 Å². The third kappa shape index (κ3) is 2.58. The molecule has 20 heavy (non-hydrogen) atoms. The second kappa shape index (κ2) is 5.54. The lowest BCUT2D eigenvalue weighted by atomic mass is 9.93. The lowest BCUT2D eigenvalue weighted by Gasteiger charge is -2.36. The van der Waals surface area contributed by atoms with Gasteiger partial charge in [-0.3, -0.25) is 4.90 Å². The fourth-order valence-corrected chi connectivity index (χ4v) is 3.31. The molecule has 2 aliphatic rings. The summed E-state index contributed by atoms with van der Waals surface area (Å²) >= 11 is 0. The molecule has 1 atom stereocenters. The molecule has 0 radical (unpaired) electrons. The van der Waals surface area contributed by atoms with Crippen molar-refractivity contribution in [3.05, 3.63) is 34.9 Å². The minimum absolute atomic E-state index is 0.469. The van der Waals surface area contributed by atoms with Gasteiger partial charge in [0.05, 0.1) is 12.2 Å². The Bertz CT molecular complexity index is 510. The molecule has 1 N–H and O–H groups in total. The molecule has 108 valence electrons. The van der Waals surface area contributed by atoms with Gasteiger partial charge in [0.25, 0.3) is 0 Å². The number of aromatic carboxylic acids is 1. The monoisotopic (exact) mass is 275 g/mol. The first kappa shape index (κ1) is 13.6. The highest BCUT2D eigenvalue weighted by Crippen LogP contribution is 2.37. The lowest BCUT2D eigenvalue weighted by molar-refractivity contribution is 0.0662. The number of benzene rings is 1. The summed E-state index contributed by atoms with van der Waals surface area (Å²) in [5.41, 5.74) is 2.65. The zero-order valence-corrected chi connectivity index (χ0v) is 11.8. The van der Waals surface area contributed by atoms with Crippen LogP contribution < -0.4 is 0 Å². The van der Waals surface area contributed by atoms with Crippen LogP contribution in [-0.4, -0.2) is 42.3 Å². The van der Waals surface area contributed by atoms with Gasteiger partial charge in [-0.25, -0.2) is 4.79 Å². The van der Waals surface area contributed by atoms with Crippen LogP contribution in [0, 0.1) is 5.92 Å². The molecule has 1 unspecified atom stereocenters. The number of carboxylic acid groups (broad SMARTS) is 1. The van der Waals surface area contributed by atoms with Crippen molar-refractivity contribution in [1.82, 2.24) is 4.90 Å². The van der Waals surface area contributed by atoms with Gasteiger partial charge in [0.2, 0.25) is 0 Å². The first-order valence-electron chi connectivity index (χ1n) is 7.27. The van der Waals surface area contributed by atoms with Crippen LogP contribution in [0.15, 0.2) is 18.2 Å². The van der Waals surface area contributed by atoms with Gasteiger partial charge in [-0.05, 0) is 42.4 Å². The molecule has 1 aromatic rings. The van der Waals surface area contributed by atoms with Crippen LogP contribution in [0.1, 0.15) is 34.3 Å². The molecule has 3 rings (SSSR count). The molecule has 0 spiro atoms. The third-order valence-corrected chi connectivity index (χ3v) is 4.50. The van der Waals surface area contributed by atoms with Crippen LogP contribution in [0.2, 0.25) is 0 Å². The molecule has 1 heterocycles. The van der Waals surface area contributed by atoms with Crippen LogP contribution in [0.25, 0.3) is 0 Å². The van der Waals surface area contributed by atoms with Crippen molar-refractivity contribution in [3.63, 3.8) is 0 Å². The summed E-state index contributed by atoms with van der Waals surface area (Å²) in [5.74, 6) is -0.0508. The molecule has 0 bridgehead atoms. The minimum atomic E-state index is -0.814. The minimum Gasteiger partial charge on any atom is -0.478 e. The number of carboxylic acids is 1. The van der Waals surface area contributed by atoms with Gasteiger partial charge in [0.15, 0.2) is 0 Å². The summed E-state index contributed by atoms with van der Waals surface area (Å²) in [5, 5.41) is 9.26. The van der Waals surface area contributed by atoms with E-state index in [9.17, 15) is 9.90 Å². The van der Waals surface area contributed by atoms with E-state index in [4.69, 9.17) is 4.74 Å². The predicted molar refractivity (Wildman–Crippen MR) is 75.9 cm³/mol. The second-order valence-corrected chi connectivity index (χ2v) is 5.83. The third-order valence-electron chi connectivity index (χ3n) is 4.50. The Morgan fingerprint density at radius 1 is 1.50 bits per heavy atom. The molecular weight excluding hydrogens is 254 g/mol. The largest absolute Gasteiger partial charge is 0.478 e. The number of fused-ring (bicyclic) bond motifs is 1. The Morgan fingerprint density at radius 2 is 2.30 bits per heavy atom. The van der Waals surface area contributed by atoms with Gasteiger partial charge in [0.1, 0.15) is 0 Å². The maximum absolute atomic E-state index is 11.3. The van der Waals surface area contributed by atoms with E-state index in [-0.39, 0.29) is 0 Å². The smallest absolute Gasteiger partial charge is 0.335 e.